The number of hydrogen-bond donors (Lipinski definition) is 4. The van der Waals surface area contributed by atoms with Crippen molar-refractivity contribution in [2.75, 3.05) is 0 Å². The topological polar surface area (TPSA) is 119 Å². The lowest BCUT2D eigenvalue weighted by atomic mass is 10.1. The van der Waals surface area contributed by atoms with Crippen LogP contribution in [0.5, 0.6) is 0 Å². The lowest BCUT2D eigenvalue weighted by molar-refractivity contribution is -0.385. The summed E-state index contributed by atoms with van der Waals surface area (Å²) < 4.78 is 0. The summed E-state index contributed by atoms with van der Waals surface area (Å²) in [6.45, 7) is 0. The molecular formula is C9H13N5O2S. The first-order valence-electron chi connectivity index (χ1n) is 4.79. The van der Waals surface area contributed by atoms with Gasteiger partial charge in [0.25, 0.3) is 5.69 Å². The third-order valence-corrected chi connectivity index (χ3v) is 2.11. The molecule has 0 aliphatic carbocycles. The zero-order valence-electron chi connectivity index (χ0n) is 8.92. The molecule has 17 heavy (non-hydrogen) atoms. The summed E-state index contributed by atoms with van der Waals surface area (Å²) in [5, 5.41) is 10.8. The van der Waals surface area contributed by atoms with Gasteiger partial charge in [0, 0.05) is 18.1 Å². The Morgan fingerprint density at radius 1 is 1.53 bits per heavy atom. The smallest absolute Gasteiger partial charge is 0.272 e. The Morgan fingerprint density at radius 3 is 2.76 bits per heavy atom. The van der Waals surface area contributed by atoms with E-state index < -0.39 is 11.1 Å². The van der Waals surface area contributed by atoms with Gasteiger partial charge >= 0.3 is 0 Å². The molecule has 7 nitrogen and oxygen atoms in total. The summed E-state index contributed by atoms with van der Waals surface area (Å²) in [6.07, 6.45) is -0.246. The van der Waals surface area contributed by atoms with E-state index >= 15 is 0 Å². The number of nitrogens with two attached hydrogens (primary N) is 2. The molecule has 0 bridgehead atoms. The van der Waals surface area contributed by atoms with Gasteiger partial charge in [0.15, 0.2) is 5.11 Å². The second-order valence-corrected chi connectivity index (χ2v) is 3.77. The highest BCUT2D eigenvalue weighted by atomic mass is 32.1. The van der Waals surface area contributed by atoms with E-state index in [1.165, 1.54) is 6.07 Å². The number of para-hydroxylation sites is 1. The first-order valence-corrected chi connectivity index (χ1v) is 5.20. The molecule has 1 atom stereocenters. The second kappa shape index (κ2) is 6.09. The minimum Gasteiger partial charge on any atom is -0.375 e. The SMILES string of the molecule is NC(=S)NNC(N)Cc1ccccc1[N+](=O)[O-]. The maximum Gasteiger partial charge on any atom is 0.272 e. The van der Waals surface area contributed by atoms with Crippen LogP contribution in [-0.4, -0.2) is 16.2 Å². The van der Waals surface area contributed by atoms with Crippen LogP contribution in [0.3, 0.4) is 0 Å². The minimum absolute atomic E-state index is 0.0417. The average molecular weight is 255 g/mol. The number of rotatable bonds is 5. The van der Waals surface area contributed by atoms with Crippen molar-refractivity contribution in [3.63, 3.8) is 0 Å². The van der Waals surface area contributed by atoms with E-state index in [0.717, 1.165) is 0 Å². The number of hydrazine groups is 1. The van der Waals surface area contributed by atoms with Crippen molar-refractivity contribution in [2.45, 2.75) is 12.6 Å². The van der Waals surface area contributed by atoms with Gasteiger partial charge < -0.3 is 11.5 Å². The van der Waals surface area contributed by atoms with E-state index in [-0.39, 0.29) is 17.2 Å². The molecule has 0 fully saturated rings. The molecule has 6 N–H and O–H groups in total. The fourth-order valence-corrected chi connectivity index (χ4v) is 1.37. The summed E-state index contributed by atoms with van der Waals surface area (Å²) >= 11 is 4.59. The molecule has 0 aliphatic heterocycles. The van der Waals surface area contributed by atoms with Crippen molar-refractivity contribution in [2.24, 2.45) is 11.5 Å². The third kappa shape index (κ3) is 4.31. The monoisotopic (exact) mass is 255 g/mol. The third-order valence-electron chi connectivity index (χ3n) is 2.01. The minimum atomic E-state index is -0.530. The van der Waals surface area contributed by atoms with E-state index in [2.05, 4.69) is 23.1 Å². The molecule has 8 heteroatoms. The fraction of sp³-hybridized carbons (Fsp3) is 0.222. The number of nitro groups is 1. The van der Waals surface area contributed by atoms with E-state index in [1.807, 2.05) is 0 Å². The Hall–Kier alpha value is -1.77. The zero-order valence-corrected chi connectivity index (χ0v) is 9.74. The van der Waals surface area contributed by atoms with Gasteiger partial charge in [0.1, 0.15) is 0 Å². The highest BCUT2D eigenvalue weighted by Gasteiger charge is 2.14. The lowest BCUT2D eigenvalue weighted by Gasteiger charge is -2.14. The molecule has 0 aromatic heterocycles. The number of hydrogen-bond acceptors (Lipinski definition) is 5. The van der Waals surface area contributed by atoms with Crippen LogP contribution in [0.15, 0.2) is 24.3 Å². The molecule has 0 amide bonds. The number of benzene rings is 1. The van der Waals surface area contributed by atoms with Crippen molar-refractivity contribution in [1.82, 2.24) is 10.9 Å². The van der Waals surface area contributed by atoms with E-state index in [4.69, 9.17) is 11.5 Å². The van der Waals surface area contributed by atoms with Crippen molar-refractivity contribution < 1.29 is 4.92 Å². The molecule has 92 valence electrons. The summed E-state index contributed by atoms with van der Waals surface area (Å²) in [7, 11) is 0. The largest absolute Gasteiger partial charge is 0.375 e. The molecule has 1 rings (SSSR count). The van der Waals surface area contributed by atoms with Gasteiger partial charge in [-0.25, -0.2) is 5.43 Å². The molecule has 0 spiro atoms. The van der Waals surface area contributed by atoms with Gasteiger partial charge in [-0.1, -0.05) is 18.2 Å². The Morgan fingerprint density at radius 2 is 2.18 bits per heavy atom. The van der Waals surface area contributed by atoms with Gasteiger partial charge in [-0.3, -0.25) is 15.5 Å². The van der Waals surface area contributed by atoms with Crippen molar-refractivity contribution in [1.29, 1.82) is 0 Å². The molecule has 1 unspecified atom stereocenters. The number of nitrogens with one attached hydrogen (secondary N) is 2. The van der Waals surface area contributed by atoms with Crippen LogP contribution in [0.25, 0.3) is 0 Å². The summed E-state index contributed by atoms with van der Waals surface area (Å²) in [4.78, 5) is 10.3. The van der Waals surface area contributed by atoms with Crippen LogP contribution in [-0.2, 0) is 6.42 Å². The van der Waals surface area contributed by atoms with Gasteiger partial charge in [-0.2, -0.15) is 0 Å². The number of thiocarbonyl (C=S) groups is 1. The van der Waals surface area contributed by atoms with E-state index in [1.54, 1.807) is 18.2 Å². The zero-order chi connectivity index (χ0) is 12.8. The van der Waals surface area contributed by atoms with E-state index in [0.29, 0.717) is 5.56 Å². The predicted molar refractivity (Wildman–Crippen MR) is 67.8 cm³/mol. The number of nitrogens with zero attached hydrogens (tertiary/aromatic N) is 1. The molecule has 0 aliphatic rings. The molecule has 1 aromatic carbocycles. The van der Waals surface area contributed by atoms with E-state index in [9.17, 15) is 10.1 Å². The molecule has 0 radical (unpaired) electrons. The second-order valence-electron chi connectivity index (χ2n) is 3.33. The highest BCUT2D eigenvalue weighted by Crippen LogP contribution is 2.18. The van der Waals surface area contributed by atoms with Gasteiger partial charge in [-0.15, -0.1) is 0 Å². The molecule has 0 heterocycles. The molecule has 0 saturated heterocycles. The van der Waals surface area contributed by atoms with Crippen LogP contribution in [0.4, 0.5) is 5.69 Å². The van der Waals surface area contributed by atoms with Crippen LogP contribution in [0.2, 0.25) is 0 Å². The summed E-state index contributed by atoms with van der Waals surface area (Å²) in [5.41, 5.74) is 16.6. The lowest BCUT2D eigenvalue weighted by Crippen LogP contribution is -2.51. The quantitative estimate of drug-likeness (QED) is 0.248. The van der Waals surface area contributed by atoms with Crippen LogP contribution >= 0.6 is 12.2 Å². The Labute approximate surface area is 103 Å². The highest BCUT2D eigenvalue weighted by molar-refractivity contribution is 7.80. The maximum absolute atomic E-state index is 10.8. The van der Waals surface area contributed by atoms with Gasteiger partial charge in [0.05, 0.1) is 11.1 Å². The van der Waals surface area contributed by atoms with Gasteiger partial charge in [-0.05, 0) is 12.2 Å². The summed E-state index contributed by atoms with van der Waals surface area (Å²) in [6, 6.07) is 6.41. The Bertz CT molecular complexity index is 426. The molecule has 0 saturated carbocycles. The van der Waals surface area contributed by atoms with Crippen molar-refractivity contribution >= 4 is 23.0 Å². The first kappa shape index (κ1) is 13.3. The van der Waals surface area contributed by atoms with Crippen molar-refractivity contribution in [3.8, 4) is 0 Å². The summed E-state index contributed by atoms with van der Waals surface area (Å²) in [5.74, 6) is 0. The Balaban J connectivity index is 2.67. The maximum atomic E-state index is 10.8. The first-order chi connectivity index (χ1) is 8.00. The van der Waals surface area contributed by atoms with Crippen LogP contribution < -0.4 is 22.3 Å². The van der Waals surface area contributed by atoms with Gasteiger partial charge in [0.2, 0.25) is 0 Å². The number of nitro benzene ring substituents is 1. The predicted octanol–water partition coefficient (Wildman–Crippen LogP) is -0.240. The normalized spacial score (nSPS) is 11.8. The Kier molecular flexibility index (Phi) is 4.76. The standard InChI is InChI=1S/C9H13N5O2S/c10-8(12-13-9(11)17)5-6-3-1-2-4-7(6)14(15)16/h1-4,8,12H,5,10H2,(H3,11,13,17). The molecular weight excluding hydrogens is 242 g/mol. The fourth-order valence-electron chi connectivity index (χ4n) is 1.31. The van der Waals surface area contributed by atoms with Crippen LogP contribution in [0.1, 0.15) is 5.56 Å². The average Bonchev–Trinajstić information content (AvgIpc) is 2.27. The molecule has 1 aromatic rings. The van der Waals surface area contributed by atoms with Crippen molar-refractivity contribution in [3.05, 3.63) is 39.9 Å². The van der Waals surface area contributed by atoms with Crippen LogP contribution in [0, 0.1) is 10.1 Å².